The Hall–Kier alpha value is -2.70. The number of hydrogen-bond acceptors (Lipinski definition) is 5. The maximum Gasteiger partial charge on any atom is 0.306 e. The van der Waals surface area contributed by atoms with Gasteiger partial charge in [-0.05, 0) is 83.5 Å². The van der Waals surface area contributed by atoms with Gasteiger partial charge < -0.3 is 20.3 Å². The molecule has 0 rings (SSSR count). The Balaban J connectivity index is 4.60. The number of aliphatic hydroxyl groups is 2. The summed E-state index contributed by atoms with van der Waals surface area (Å²) in [6, 6.07) is -0.717. The third-order valence-electron chi connectivity index (χ3n) is 12.6. The normalized spacial score (nSPS) is 13.7. The Bertz CT molecular complexity index is 1220. The predicted molar refractivity (Wildman–Crippen MR) is 287 cm³/mol. The molecular formula is C60H107NO5. The molecule has 0 aliphatic carbocycles. The number of rotatable bonds is 50. The first kappa shape index (κ1) is 63.3. The fourth-order valence-corrected chi connectivity index (χ4v) is 8.32. The smallest absolute Gasteiger partial charge is 0.306 e. The van der Waals surface area contributed by atoms with Gasteiger partial charge in [-0.1, -0.05) is 248 Å². The number of nitrogens with one attached hydrogen (secondary N) is 1. The van der Waals surface area contributed by atoms with Crippen LogP contribution in [0.25, 0.3) is 0 Å². The van der Waals surface area contributed by atoms with Crippen molar-refractivity contribution in [2.45, 2.75) is 289 Å². The van der Waals surface area contributed by atoms with Crippen LogP contribution in [0.15, 0.2) is 72.9 Å². The third kappa shape index (κ3) is 47.8. The molecule has 0 aromatic heterocycles. The molecule has 0 heterocycles. The van der Waals surface area contributed by atoms with E-state index < -0.39 is 18.2 Å². The zero-order valence-electron chi connectivity index (χ0n) is 43.6. The molecule has 0 radical (unpaired) electrons. The summed E-state index contributed by atoms with van der Waals surface area (Å²) in [5.41, 5.74) is 0. The molecule has 0 saturated heterocycles. The van der Waals surface area contributed by atoms with E-state index in [1.165, 1.54) is 116 Å². The van der Waals surface area contributed by atoms with Gasteiger partial charge in [0.25, 0.3) is 0 Å². The Morgan fingerprint density at radius 3 is 1.39 bits per heavy atom. The van der Waals surface area contributed by atoms with Gasteiger partial charge in [-0.3, -0.25) is 9.59 Å². The fourth-order valence-electron chi connectivity index (χ4n) is 8.32. The van der Waals surface area contributed by atoms with E-state index >= 15 is 0 Å². The van der Waals surface area contributed by atoms with E-state index in [0.29, 0.717) is 19.3 Å². The molecule has 382 valence electrons. The second-order valence-electron chi connectivity index (χ2n) is 19.0. The molecule has 0 saturated carbocycles. The SMILES string of the molecule is CC/C=C/C=C/C=C\CCCCCCCC(=O)OC(CCCCCC/C=C\C/C=C\C/C=C\CCCCC)CC(=O)NC(CO)C(O)CCCCCCCCCCCCCCCCCCC. The lowest BCUT2D eigenvalue weighted by molar-refractivity contribution is -0.151. The van der Waals surface area contributed by atoms with Gasteiger partial charge in [0.1, 0.15) is 6.10 Å². The molecular weight excluding hydrogens is 815 g/mol. The molecule has 0 aliphatic heterocycles. The van der Waals surface area contributed by atoms with Crippen molar-refractivity contribution in [2.75, 3.05) is 6.61 Å². The van der Waals surface area contributed by atoms with Gasteiger partial charge >= 0.3 is 5.97 Å². The van der Waals surface area contributed by atoms with Gasteiger partial charge in [0, 0.05) is 6.42 Å². The van der Waals surface area contributed by atoms with Crippen LogP contribution >= 0.6 is 0 Å². The Kier molecular flexibility index (Phi) is 51.1. The topological polar surface area (TPSA) is 95.9 Å². The van der Waals surface area contributed by atoms with Crippen LogP contribution in [-0.2, 0) is 14.3 Å². The molecule has 0 spiro atoms. The Morgan fingerprint density at radius 1 is 0.470 bits per heavy atom. The minimum absolute atomic E-state index is 0.0522. The molecule has 3 N–H and O–H groups in total. The lowest BCUT2D eigenvalue weighted by atomic mass is 10.0. The number of carbonyl (C=O) groups is 2. The molecule has 0 aliphatic rings. The zero-order valence-corrected chi connectivity index (χ0v) is 43.6. The lowest BCUT2D eigenvalue weighted by Crippen LogP contribution is -2.46. The molecule has 6 nitrogen and oxygen atoms in total. The number of aliphatic hydroxyl groups excluding tert-OH is 2. The summed E-state index contributed by atoms with van der Waals surface area (Å²) in [7, 11) is 0. The average molecular weight is 923 g/mol. The summed E-state index contributed by atoms with van der Waals surface area (Å²) >= 11 is 0. The van der Waals surface area contributed by atoms with Crippen LogP contribution in [0.2, 0.25) is 0 Å². The van der Waals surface area contributed by atoms with Crippen molar-refractivity contribution in [2.24, 2.45) is 0 Å². The first-order valence-electron chi connectivity index (χ1n) is 28.2. The maximum atomic E-state index is 13.3. The first-order chi connectivity index (χ1) is 32.5. The number of carbonyl (C=O) groups excluding carboxylic acids is 2. The van der Waals surface area contributed by atoms with Crippen LogP contribution in [0.3, 0.4) is 0 Å². The van der Waals surface area contributed by atoms with Gasteiger partial charge in [-0.2, -0.15) is 0 Å². The van der Waals surface area contributed by atoms with Crippen molar-refractivity contribution in [1.29, 1.82) is 0 Å². The van der Waals surface area contributed by atoms with Crippen molar-refractivity contribution in [3.8, 4) is 0 Å². The third-order valence-corrected chi connectivity index (χ3v) is 12.6. The Morgan fingerprint density at radius 2 is 0.879 bits per heavy atom. The molecule has 0 aromatic carbocycles. The number of esters is 1. The number of hydrogen-bond donors (Lipinski definition) is 3. The predicted octanol–water partition coefficient (Wildman–Crippen LogP) is 17.3. The number of unbranched alkanes of at least 4 members (excludes halogenated alkanes) is 28. The van der Waals surface area contributed by atoms with Crippen molar-refractivity contribution in [1.82, 2.24) is 5.32 Å². The van der Waals surface area contributed by atoms with E-state index in [1.807, 2.05) is 0 Å². The van der Waals surface area contributed by atoms with Crippen LogP contribution in [0, 0.1) is 0 Å². The number of ether oxygens (including phenoxy) is 1. The largest absolute Gasteiger partial charge is 0.462 e. The quantitative estimate of drug-likeness (QED) is 0.0244. The molecule has 0 bridgehead atoms. The molecule has 0 aromatic rings. The Labute approximate surface area is 409 Å². The number of allylic oxidation sites excluding steroid dienone is 12. The summed E-state index contributed by atoms with van der Waals surface area (Å²) in [6.45, 7) is 6.33. The fraction of sp³-hybridized carbons (Fsp3) is 0.767. The van der Waals surface area contributed by atoms with E-state index in [-0.39, 0.29) is 24.9 Å². The monoisotopic (exact) mass is 922 g/mol. The van der Waals surface area contributed by atoms with E-state index in [1.54, 1.807) is 0 Å². The summed E-state index contributed by atoms with van der Waals surface area (Å²) in [5, 5.41) is 23.9. The van der Waals surface area contributed by atoms with Crippen LogP contribution in [0.1, 0.15) is 271 Å². The van der Waals surface area contributed by atoms with Gasteiger partial charge in [-0.25, -0.2) is 0 Å². The van der Waals surface area contributed by atoms with E-state index in [9.17, 15) is 19.8 Å². The summed E-state index contributed by atoms with van der Waals surface area (Å²) in [6.07, 6.45) is 68.2. The average Bonchev–Trinajstić information content (AvgIpc) is 3.31. The molecule has 0 fully saturated rings. The standard InChI is InChI=1S/C60H107NO5/c1-4-7-10-13-16-19-22-25-27-29-31-34-36-39-42-45-48-51-56(66-60(65)53-50-47-44-41-38-33-24-21-18-15-12-9-6-3)54-59(64)61-57(55-62)58(63)52-49-46-43-40-37-35-32-30-28-26-23-20-17-14-11-8-5-2/h9,12,15-16,18-19,21,24-25,27,31,34,56-58,62-63H,4-8,10-11,13-14,17,20,22-23,26,28-30,32-33,35-55H2,1-3H3,(H,61,64)/b12-9+,18-15+,19-16-,24-21-,27-25-,34-31-. The molecule has 3 unspecified atom stereocenters. The van der Waals surface area contributed by atoms with Crippen molar-refractivity contribution in [3.63, 3.8) is 0 Å². The lowest BCUT2D eigenvalue weighted by Gasteiger charge is -2.24. The van der Waals surface area contributed by atoms with Crippen molar-refractivity contribution >= 4 is 11.9 Å². The van der Waals surface area contributed by atoms with Crippen LogP contribution in [0.5, 0.6) is 0 Å². The summed E-state index contributed by atoms with van der Waals surface area (Å²) < 4.78 is 5.93. The molecule has 66 heavy (non-hydrogen) atoms. The molecule has 6 heteroatoms. The minimum Gasteiger partial charge on any atom is -0.462 e. The molecule has 1 amide bonds. The summed E-state index contributed by atoms with van der Waals surface area (Å²) in [5.74, 6) is -0.517. The second-order valence-corrected chi connectivity index (χ2v) is 19.0. The zero-order chi connectivity index (χ0) is 48.1. The van der Waals surface area contributed by atoms with Gasteiger partial charge in [0.2, 0.25) is 5.91 Å². The maximum absolute atomic E-state index is 13.3. The van der Waals surface area contributed by atoms with Crippen molar-refractivity contribution in [3.05, 3.63) is 72.9 Å². The van der Waals surface area contributed by atoms with E-state index in [2.05, 4.69) is 99.0 Å². The highest BCUT2D eigenvalue weighted by molar-refractivity contribution is 5.77. The van der Waals surface area contributed by atoms with Crippen LogP contribution in [0.4, 0.5) is 0 Å². The second kappa shape index (κ2) is 53.3. The van der Waals surface area contributed by atoms with Gasteiger partial charge in [0.05, 0.1) is 25.2 Å². The van der Waals surface area contributed by atoms with E-state index in [4.69, 9.17) is 4.74 Å². The van der Waals surface area contributed by atoms with Crippen LogP contribution < -0.4 is 5.32 Å². The van der Waals surface area contributed by atoms with Gasteiger partial charge in [0.15, 0.2) is 0 Å². The van der Waals surface area contributed by atoms with Gasteiger partial charge in [-0.15, -0.1) is 0 Å². The van der Waals surface area contributed by atoms with E-state index in [0.717, 1.165) is 109 Å². The highest BCUT2D eigenvalue weighted by Gasteiger charge is 2.24. The van der Waals surface area contributed by atoms with Crippen LogP contribution in [-0.4, -0.2) is 46.9 Å². The molecule has 3 atom stereocenters. The highest BCUT2D eigenvalue weighted by Crippen LogP contribution is 2.18. The number of amides is 1. The first-order valence-corrected chi connectivity index (χ1v) is 28.2. The summed E-state index contributed by atoms with van der Waals surface area (Å²) in [4.78, 5) is 26.2. The van der Waals surface area contributed by atoms with Crippen molar-refractivity contribution < 1.29 is 24.5 Å². The highest BCUT2D eigenvalue weighted by atomic mass is 16.5. The minimum atomic E-state index is -0.801.